The highest BCUT2D eigenvalue weighted by molar-refractivity contribution is 4.88. The molecule has 3 heteroatoms. The SMILES string of the molecule is CCCNC(C)C1CCCN(C2CCCCC2O)C1. The van der Waals surface area contributed by atoms with Crippen LogP contribution < -0.4 is 5.32 Å². The lowest BCUT2D eigenvalue weighted by molar-refractivity contribution is -0.00338. The quantitative estimate of drug-likeness (QED) is 0.803. The lowest BCUT2D eigenvalue weighted by Crippen LogP contribution is -2.52. The Morgan fingerprint density at radius 2 is 2.00 bits per heavy atom. The predicted molar refractivity (Wildman–Crippen MR) is 80.3 cm³/mol. The molecule has 4 unspecified atom stereocenters. The molecule has 0 aromatic rings. The van der Waals surface area contributed by atoms with E-state index >= 15 is 0 Å². The summed E-state index contributed by atoms with van der Waals surface area (Å²) in [6, 6.07) is 1.05. The van der Waals surface area contributed by atoms with Crippen LogP contribution in [0, 0.1) is 5.92 Å². The van der Waals surface area contributed by atoms with Gasteiger partial charge in [-0.3, -0.25) is 4.90 Å². The number of nitrogens with one attached hydrogen (secondary N) is 1. The molecule has 19 heavy (non-hydrogen) atoms. The average Bonchev–Trinajstić information content (AvgIpc) is 2.45. The first-order valence-corrected chi connectivity index (χ1v) is 8.38. The molecule has 2 fully saturated rings. The summed E-state index contributed by atoms with van der Waals surface area (Å²) >= 11 is 0. The number of likely N-dealkylation sites (tertiary alicyclic amines) is 1. The van der Waals surface area contributed by atoms with Crippen LogP contribution in [-0.4, -0.2) is 47.8 Å². The lowest BCUT2D eigenvalue weighted by atomic mass is 9.86. The van der Waals surface area contributed by atoms with Crippen molar-refractivity contribution in [2.75, 3.05) is 19.6 Å². The monoisotopic (exact) mass is 268 g/mol. The summed E-state index contributed by atoms with van der Waals surface area (Å²) in [7, 11) is 0. The van der Waals surface area contributed by atoms with E-state index in [4.69, 9.17) is 0 Å². The highest BCUT2D eigenvalue weighted by atomic mass is 16.3. The Morgan fingerprint density at radius 3 is 2.74 bits per heavy atom. The Kier molecular flexibility index (Phi) is 6.11. The summed E-state index contributed by atoms with van der Waals surface area (Å²) in [6.07, 6.45) is 8.49. The number of hydrogen-bond acceptors (Lipinski definition) is 3. The number of nitrogens with zero attached hydrogens (tertiary/aromatic N) is 1. The molecule has 0 aromatic heterocycles. The van der Waals surface area contributed by atoms with Gasteiger partial charge in [-0.25, -0.2) is 0 Å². The van der Waals surface area contributed by atoms with Gasteiger partial charge in [0.25, 0.3) is 0 Å². The van der Waals surface area contributed by atoms with E-state index in [9.17, 15) is 5.11 Å². The van der Waals surface area contributed by atoms with Gasteiger partial charge in [-0.05, 0) is 58.0 Å². The number of hydrogen-bond donors (Lipinski definition) is 2. The van der Waals surface area contributed by atoms with Crippen LogP contribution in [0.3, 0.4) is 0 Å². The van der Waals surface area contributed by atoms with Crippen LogP contribution in [-0.2, 0) is 0 Å². The van der Waals surface area contributed by atoms with E-state index in [0.29, 0.717) is 12.1 Å². The molecule has 0 aromatic carbocycles. The third-order valence-corrected chi connectivity index (χ3v) is 5.08. The molecule has 1 heterocycles. The van der Waals surface area contributed by atoms with Crippen LogP contribution in [0.25, 0.3) is 0 Å². The first kappa shape index (κ1) is 15.3. The summed E-state index contributed by atoms with van der Waals surface area (Å²) < 4.78 is 0. The molecule has 1 saturated carbocycles. The van der Waals surface area contributed by atoms with Gasteiger partial charge >= 0.3 is 0 Å². The minimum absolute atomic E-state index is 0.0774. The van der Waals surface area contributed by atoms with Gasteiger partial charge < -0.3 is 10.4 Å². The molecular formula is C16H32N2O. The maximum atomic E-state index is 10.2. The van der Waals surface area contributed by atoms with Crippen LogP contribution in [0.4, 0.5) is 0 Å². The zero-order chi connectivity index (χ0) is 13.7. The molecule has 4 atom stereocenters. The lowest BCUT2D eigenvalue weighted by Gasteiger charge is -2.43. The molecule has 2 aliphatic rings. The second kappa shape index (κ2) is 7.61. The molecule has 2 rings (SSSR count). The summed E-state index contributed by atoms with van der Waals surface area (Å²) in [5.74, 6) is 0.759. The Hall–Kier alpha value is -0.120. The molecule has 0 amide bonds. The zero-order valence-corrected chi connectivity index (χ0v) is 12.8. The molecule has 0 bridgehead atoms. The van der Waals surface area contributed by atoms with Crippen LogP contribution >= 0.6 is 0 Å². The zero-order valence-electron chi connectivity index (χ0n) is 12.8. The Bertz CT molecular complexity index is 259. The molecule has 2 N–H and O–H groups in total. The highest BCUT2D eigenvalue weighted by Crippen LogP contribution is 2.28. The van der Waals surface area contributed by atoms with Gasteiger partial charge in [0, 0.05) is 18.6 Å². The Morgan fingerprint density at radius 1 is 1.21 bits per heavy atom. The van der Waals surface area contributed by atoms with E-state index in [1.165, 1.54) is 51.6 Å². The van der Waals surface area contributed by atoms with Gasteiger partial charge in [-0.2, -0.15) is 0 Å². The van der Waals surface area contributed by atoms with E-state index in [0.717, 1.165) is 18.9 Å². The fraction of sp³-hybridized carbons (Fsp3) is 1.00. The molecule has 1 saturated heterocycles. The van der Waals surface area contributed by atoms with E-state index < -0.39 is 0 Å². The van der Waals surface area contributed by atoms with Crippen molar-refractivity contribution in [1.29, 1.82) is 0 Å². The van der Waals surface area contributed by atoms with Gasteiger partial charge in [-0.15, -0.1) is 0 Å². The van der Waals surface area contributed by atoms with Gasteiger partial charge in [0.15, 0.2) is 0 Å². The Balaban J connectivity index is 1.85. The topological polar surface area (TPSA) is 35.5 Å². The van der Waals surface area contributed by atoms with E-state index in [-0.39, 0.29) is 6.10 Å². The maximum absolute atomic E-state index is 10.2. The van der Waals surface area contributed by atoms with Crippen molar-refractivity contribution in [2.45, 2.75) is 77.0 Å². The van der Waals surface area contributed by atoms with Gasteiger partial charge in [0.05, 0.1) is 6.10 Å². The predicted octanol–water partition coefficient (Wildman–Crippen LogP) is 2.39. The van der Waals surface area contributed by atoms with Crippen LogP contribution in [0.15, 0.2) is 0 Å². The van der Waals surface area contributed by atoms with Crippen LogP contribution in [0.1, 0.15) is 58.8 Å². The smallest absolute Gasteiger partial charge is 0.0695 e. The Labute approximate surface area is 118 Å². The number of piperidine rings is 1. The van der Waals surface area contributed by atoms with Crippen molar-refractivity contribution in [3.8, 4) is 0 Å². The fourth-order valence-corrected chi connectivity index (χ4v) is 3.81. The number of aliphatic hydroxyl groups excluding tert-OH is 1. The molecule has 0 radical (unpaired) electrons. The normalized spacial score (nSPS) is 35.2. The largest absolute Gasteiger partial charge is 0.391 e. The van der Waals surface area contributed by atoms with Crippen LogP contribution in [0.5, 0.6) is 0 Å². The first-order chi connectivity index (χ1) is 9.22. The standard InChI is InChI=1S/C16H32N2O/c1-3-10-17-13(2)14-7-6-11-18(12-14)15-8-4-5-9-16(15)19/h13-17,19H,3-12H2,1-2H3. The summed E-state index contributed by atoms with van der Waals surface area (Å²) in [5, 5.41) is 13.9. The molecule has 112 valence electrons. The maximum Gasteiger partial charge on any atom is 0.0695 e. The van der Waals surface area contributed by atoms with Gasteiger partial charge in [0.1, 0.15) is 0 Å². The average molecular weight is 268 g/mol. The summed E-state index contributed by atoms with van der Waals surface area (Å²) in [4.78, 5) is 2.59. The van der Waals surface area contributed by atoms with Gasteiger partial charge in [0.2, 0.25) is 0 Å². The van der Waals surface area contributed by atoms with Crippen molar-refractivity contribution >= 4 is 0 Å². The second-order valence-corrected chi connectivity index (χ2v) is 6.56. The highest BCUT2D eigenvalue weighted by Gasteiger charge is 2.33. The van der Waals surface area contributed by atoms with E-state index in [1.807, 2.05) is 0 Å². The van der Waals surface area contributed by atoms with Crippen LogP contribution in [0.2, 0.25) is 0 Å². The third-order valence-electron chi connectivity index (χ3n) is 5.08. The number of rotatable bonds is 5. The second-order valence-electron chi connectivity index (χ2n) is 6.56. The van der Waals surface area contributed by atoms with Crippen molar-refractivity contribution < 1.29 is 5.11 Å². The van der Waals surface area contributed by atoms with Crippen molar-refractivity contribution in [3.05, 3.63) is 0 Å². The van der Waals surface area contributed by atoms with Crippen molar-refractivity contribution in [3.63, 3.8) is 0 Å². The van der Waals surface area contributed by atoms with Gasteiger partial charge in [-0.1, -0.05) is 19.8 Å². The first-order valence-electron chi connectivity index (χ1n) is 8.38. The van der Waals surface area contributed by atoms with Crippen molar-refractivity contribution in [1.82, 2.24) is 10.2 Å². The molecular weight excluding hydrogens is 236 g/mol. The fourth-order valence-electron chi connectivity index (χ4n) is 3.81. The summed E-state index contributed by atoms with van der Waals surface area (Å²) in [6.45, 7) is 8.06. The molecule has 0 spiro atoms. The van der Waals surface area contributed by atoms with E-state index in [1.54, 1.807) is 0 Å². The minimum Gasteiger partial charge on any atom is -0.391 e. The molecule has 1 aliphatic carbocycles. The van der Waals surface area contributed by atoms with Crippen molar-refractivity contribution in [2.24, 2.45) is 5.92 Å². The summed E-state index contributed by atoms with van der Waals surface area (Å²) in [5.41, 5.74) is 0. The minimum atomic E-state index is -0.0774. The molecule has 3 nitrogen and oxygen atoms in total. The third kappa shape index (κ3) is 4.17. The van der Waals surface area contributed by atoms with E-state index in [2.05, 4.69) is 24.1 Å². The number of aliphatic hydroxyl groups is 1. The molecule has 1 aliphatic heterocycles.